The van der Waals surface area contributed by atoms with Crippen molar-refractivity contribution in [2.45, 2.75) is 26.7 Å². The molecule has 0 fully saturated rings. The molecule has 2 rings (SSSR count). The third kappa shape index (κ3) is 12.0. The fourth-order valence-corrected chi connectivity index (χ4v) is 2.44. The number of nitrogens with zero attached hydrogens (tertiary/aromatic N) is 2. The van der Waals surface area contributed by atoms with Crippen LogP contribution in [0.2, 0.25) is 0 Å². The first-order chi connectivity index (χ1) is 14.7. The number of nitrogens with one attached hydrogen (secondary N) is 2. The van der Waals surface area contributed by atoms with Crippen molar-refractivity contribution >= 4 is 12.2 Å². The topological polar surface area (TPSA) is 68.3 Å². The number of pyridine rings is 2. The highest BCUT2D eigenvalue weighted by atomic mass is 16.5. The van der Waals surface area contributed by atoms with Gasteiger partial charge in [0.25, 0.3) is 0 Å². The van der Waals surface area contributed by atoms with Crippen molar-refractivity contribution in [3.05, 3.63) is 60.2 Å². The summed E-state index contributed by atoms with van der Waals surface area (Å²) in [5.41, 5.74) is 2.16. The summed E-state index contributed by atoms with van der Waals surface area (Å²) in [5.74, 6) is 1.65. The fraction of sp³-hybridized carbons (Fsp3) is 0.417. The van der Waals surface area contributed by atoms with Crippen molar-refractivity contribution in [2.75, 3.05) is 40.4 Å². The normalized spacial score (nSPS) is 10.8. The zero-order chi connectivity index (χ0) is 21.9. The molecule has 0 saturated carbocycles. The van der Waals surface area contributed by atoms with Gasteiger partial charge in [0.05, 0.1) is 25.6 Å². The summed E-state index contributed by atoms with van der Waals surface area (Å²) >= 11 is 0. The van der Waals surface area contributed by atoms with Gasteiger partial charge in [-0.2, -0.15) is 0 Å². The van der Waals surface area contributed by atoms with E-state index in [-0.39, 0.29) is 0 Å². The van der Waals surface area contributed by atoms with Gasteiger partial charge in [0.15, 0.2) is 0 Å². The summed E-state index contributed by atoms with van der Waals surface area (Å²) in [6.45, 7) is 7.28. The second-order valence-corrected chi connectivity index (χ2v) is 6.36. The highest BCUT2D eigenvalue weighted by Crippen LogP contribution is 2.13. The van der Waals surface area contributed by atoms with Gasteiger partial charge in [-0.15, -0.1) is 0 Å². The Labute approximate surface area is 181 Å². The Balaban J connectivity index is 0.000000300. The number of ether oxygens (including phenoxy) is 2. The summed E-state index contributed by atoms with van der Waals surface area (Å²) in [6, 6.07) is 3.98. The van der Waals surface area contributed by atoms with Crippen LogP contribution < -0.4 is 20.1 Å². The van der Waals surface area contributed by atoms with Gasteiger partial charge in [0.2, 0.25) is 0 Å². The quantitative estimate of drug-likeness (QED) is 0.509. The van der Waals surface area contributed by atoms with E-state index in [1.54, 1.807) is 12.4 Å². The summed E-state index contributed by atoms with van der Waals surface area (Å²) in [4.78, 5) is 8.22. The zero-order valence-electron chi connectivity index (χ0n) is 18.7. The van der Waals surface area contributed by atoms with E-state index in [1.165, 1.54) is 0 Å². The molecule has 0 amide bonds. The molecule has 0 spiro atoms. The van der Waals surface area contributed by atoms with Crippen molar-refractivity contribution in [3.8, 4) is 11.5 Å². The van der Waals surface area contributed by atoms with Crippen LogP contribution in [0.15, 0.2) is 49.1 Å². The van der Waals surface area contributed by atoms with Gasteiger partial charge in [-0.25, -0.2) is 0 Å². The molecule has 6 nitrogen and oxygen atoms in total. The van der Waals surface area contributed by atoms with E-state index < -0.39 is 0 Å². The van der Waals surface area contributed by atoms with Crippen LogP contribution in [0.4, 0.5) is 0 Å². The molecule has 2 aromatic rings. The van der Waals surface area contributed by atoms with Gasteiger partial charge in [-0.05, 0) is 77.1 Å². The summed E-state index contributed by atoms with van der Waals surface area (Å²) in [6.07, 6.45) is 17.6. The van der Waals surface area contributed by atoms with E-state index in [2.05, 4.69) is 44.9 Å². The van der Waals surface area contributed by atoms with Crippen LogP contribution in [0.3, 0.4) is 0 Å². The first-order valence-electron chi connectivity index (χ1n) is 10.5. The molecule has 0 aliphatic rings. The fourth-order valence-electron chi connectivity index (χ4n) is 2.44. The van der Waals surface area contributed by atoms with Crippen LogP contribution in [-0.4, -0.2) is 50.4 Å². The maximum atomic E-state index is 5.37. The van der Waals surface area contributed by atoms with Crippen molar-refractivity contribution in [3.63, 3.8) is 0 Å². The predicted octanol–water partition coefficient (Wildman–Crippen LogP) is 4.21. The number of aromatic nitrogens is 2. The SMILES string of the molecule is CCOc1cncc(/C=C/CCNC)c1.CCOc1cncc(/C=C/CCNC)c1. The molecule has 0 bridgehead atoms. The van der Waals surface area contributed by atoms with E-state index in [1.807, 2.05) is 52.5 Å². The van der Waals surface area contributed by atoms with E-state index in [0.717, 1.165) is 48.6 Å². The molecule has 0 aromatic carbocycles. The van der Waals surface area contributed by atoms with E-state index >= 15 is 0 Å². The lowest BCUT2D eigenvalue weighted by Crippen LogP contribution is -2.05. The molecule has 2 heterocycles. The van der Waals surface area contributed by atoms with Gasteiger partial charge < -0.3 is 20.1 Å². The van der Waals surface area contributed by atoms with Gasteiger partial charge in [0.1, 0.15) is 11.5 Å². The lowest BCUT2D eigenvalue weighted by Gasteiger charge is -2.02. The average molecular weight is 413 g/mol. The summed E-state index contributed by atoms with van der Waals surface area (Å²) in [7, 11) is 3.90. The smallest absolute Gasteiger partial charge is 0.138 e. The third-order valence-corrected chi connectivity index (χ3v) is 3.83. The van der Waals surface area contributed by atoms with Gasteiger partial charge >= 0.3 is 0 Å². The predicted molar refractivity (Wildman–Crippen MR) is 126 cm³/mol. The number of hydrogen-bond acceptors (Lipinski definition) is 6. The standard InChI is InChI=1S/2C12H18N2O/c2*1-3-15-12-8-11(9-14-10-12)6-4-5-7-13-2/h2*4,6,8-10,13H,3,5,7H2,1-2H3/b2*6-4+. The lowest BCUT2D eigenvalue weighted by atomic mass is 10.2. The minimum atomic E-state index is 0.675. The molecule has 0 radical (unpaired) electrons. The van der Waals surface area contributed by atoms with Crippen molar-refractivity contribution in [1.29, 1.82) is 0 Å². The Morgan fingerprint density at radius 1 is 0.733 bits per heavy atom. The molecule has 2 aromatic heterocycles. The Hall–Kier alpha value is -2.70. The maximum absolute atomic E-state index is 5.37. The first kappa shape index (κ1) is 25.3. The molecule has 2 N–H and O–H groups in total. The summed E-state index contributed by atoms with van der Waals surface area (Å²) < 4.78 is 10.7. The van der Waals surface area contributed by atoms with Crippen LogP contribution in [0.25, 0.3) is 12.2 Å². The van der Waals surface area contributed by atoms with Crippen molar-refractivity contribution < 1.29 is 9.47 Å². The number of rotatable bonds is 12. The molecule has 0 aliphatic carbocycles. The van der Waals surface area contributed by atoms with Crippen LogP contribution in [0, 0.1) is 0 Å². The molecule has 164 valence electrons. The molecule has 0 unspecified atom stereocenters. The largest absolute Gasteiger partial charge is 0.492 e. The highest BCUT2D eigenvalue weighted by molar-refractivity contribution is 5.50. The van der Waals surface area contributed by atoms with E-state index in [0.29, 0.717) is 13.2 Å². The van der Waals surface area contributed by atoms with Crippen molar-refractivity contribution in [2.24, 2.45) is 0 Å². The van der Waals surface area contributed by atoms with Crippen LogP contribution in [-0.2, 0) is 0 Å². The molecular weight excluding hydrogens is 376 g/mol. The molecule has 30 heavy (non-hydrogen) atoms. The molecular formula is C24H36N4O2. The molecule has 0 atom stereocenters. The zero-order valence-corrected chi connectivity index (χ0v) is 18.7. The highest BCUT2D eigenvalue weighted by Gasteiger charge is 1.94. The minimum absolute atomic E-state index is 0.675. The van der Waals surface area contributed by atoms with E-state index in [4.69, 9.17) is 9.47 Å². The Morgan fingerprint density at radius 2 is 1.17 bits per heavy atom. The Kier molecular flexibility index (Phi) is 14.5. The molecule has 0 aliphatic heterocycles. The first-order valence-corrected chi connectivity index (χ1v) is 10.5. The van der Waals surface area contributed by atoms with Gasteiger partial charge in [-0.3, -0.25) is 9.97 Å². The Morgan fingerprint density at radius 3 is 1.53 bits per heavy atom. The molecule has 6 heteroatoms. The van der Waals surface area contributed by atoms with Crippen molar-refractivity contribution in [1.82, 2.24) is 20.6 Å². The second-order valence-electron chi connectivity index (χ2n) is 6.36. The average Bonchev–Trinajstić information content (AvgIpc) is 2.76. The summed E-state index contributed by atoms with van der Waals surface area (Å²) in [5, 5.41) is 6.19. The maximum Gasteiger partial charge on any atom is 0.138 e. The number of hydrogen-bond donors (Lipinski definition) is 2. The van der Waals surface area contributed by atoms with Gasteiger partial charge in [-0.1, -0.05) is 24.3 Å². The second kappa shape index (κ2) is 17.2. The third-order valence-electron chi connectivity index (χ3n) is 3.83. The van der Waals surface area contributed by atoms with Gasteiger partial charge in [0, 0.05) is 12.4 Å². The van der Waals surface area contributed by atoms with Crippen LogP contribution in [0.1, 0.15) is 37.8 Å². The minimum Gasteiger partial charge on any atom is -0.492 e. The van der Waals surface area contributed by atoms with E-state index in [9.17, 15) is 0 Å². The van der Waals surface area contributed by atoms with Crippen LogP contribution in [0.5, 0.6) is 11.5 Å². The molecule has 0 saturated heterocycles. The van der Waals surface area contributed by atoms with Crippen LogP contribution >= 0.6 is 0 Å². The lowest BCUT2D eigenvalue weighted by molar-refractivity contribution is 0.338. The Bertz CT molecular complexity index is 684. The monoisotopic (exact) mass is 412 g/mol.